The van der Waals surface area contributed by atoms with E-state index in [1.54, 1.807) is 12.5 Å². The number of nitrogens with zero attached hydrogens (tertiary/aromatic N) is 2. The zero-order valence-corrected chi connectivity index (χ0v) is 17.4. The maximum absolute atomic E-state index is 13.3. The molecule has 0 radical (unpaired) electrons. The monoisotopic (exact) mass is 400 g/mol. The van der Waals surface area contributed by atoms with Gasteiger partial charge in [0, 0.05) is 18.3 Å². The number of imidazole rings is 1. The van der Waals surface area contributed by atoms with Crippen LogP contribution in [0.2, 0.25) is 0 Å². The lowest BCUT2D eigenvalue weighted by atomic mass is 9.51. The van der Waals surface area contributed by atoms with Crippen molar-refractivity contribution in [2.75, 3.05) is 6.67 Å². The maximum Gasteiger partial charge on any atom is 0.156 e. The summed E-state index contributed by atoms with van der Waals surface area (Å²) >= 11 is 0. The molecule has 0 unspecified atom stereocenters. The molecule has 0 saturated heterocycles. The fraction of sp³-hybridized carbons (Fsp3) is 0.750. The van der Waals surface area contributed by atoms with Crippen LogP contribution in [0, 0.1) is 35.0 Å². The lowest BCUT2D eigenvalue weighted by Gasteiger charge is -2.54. The first-order chi connectivity index (χ1) is 13.9. The molecule has 0 bridgehead atoms. The summed E-state index contributed by atoms with van der Waals surface area (Å²) in [6.07, 6.45) is 15.2. The molecule has 4 aliphatic rings. The van der Waals surface area contributed by atoms with Crippen LogP contribution >= 0.6 is 0 Å². The van der Waals surface area contributed by atoms with Gasteiger partial charge in [-0.15, -0.1) is 0 Å². The summed E-state index contributed by atoms with van der Waals surface area (Å²) in [6, 6.07) is 0. The van der Waals surface area contributed by atoms with E-state index in [2.05, 4.69) is 18.0 Å². The largest absolute Gasteiger partial charge is 0.387 e. The molecule has 7 atom stereocenters. The van der Waals surface area contributed by atoms with Crippen molar-refractivity contribution in [1.82, 2.24) is 9.55 Å². The minimum absolute atomic E-state index is 0.110. The number of carbonyl (C=O) groups excluding carboxylic acids is 1. The van der Waals surface area contributed by atoms with Crippen LogP contribution in [0.5, 0.6) is 0 Å². The molecule has 5 rings (SSSR count). The lowest BCUT2D eigenvalue weighted by Crippen LogP contribution is -2.49. The van der Waals surface area contributed by atoms with Gasteiger partial charge >= 0.3 is 0 Å². The van der Waals surface area contributed by atoms with Gasteiger partial charge in [0.1, 0.15) is 6.67 Å². The first-order valence-corrected chi connectivity index (χ1v) is 11.4. The molecule has 158 valence electrons. The third-order valence-electron chi connectivity index (χ3n) is 9.13. The second-order valence-corrected chi connectivity index (χ2v) is 10.5. The summed E-state index contributed by atoms with van der Waals surface area (Å²) in [5, 5.41) is 10.4. The van der Waals surface area contributed by atoms with Crippen LogP contribution < -0.4 is 0 Å². The van der Waals surface area contributed by atoms with Gasteiger partial charge in [0.2, 0.25) is 0 Å². The first kappa shape index (κ1) is 19.5. The molecule has 4 nitrogen and oxygen atoms in total. The molecule has 1 aromatic rings. The Morgan fingerprint density at radius 2 is 2.14 bits per heavy atom. The number of carbonyl (C=O) groups is 1. The zero-order valence-electron chi connectivity index (χ0n) is 17.4. The smallest absolute Gasteiger partial charge is 0.156 e. The summed E-state index contributed by atoms with van der Waals surface area (Å²) in [6.45, 7) is 2.18. The quantitative estimate of drug-likeness (QED) is 0.765. The molecule has 4 aliphatic carbocycles. The predicted octanol–water partition coefficient (Wildman–Crippen LogP) is 4.34. The predicted molar refractivity (Wildman–Crippen MR) is 109 cm³/mol. The minimum Gasteiger partial charge on any atom is -0.387 e. The summed E-state index contributed by atoms with van der Waals surface area (Å²) in [4.78, 5) is 17.2. The van der Waals surface area contributed by atoms with Crippen LogP contribution in [0.25, 0.3) is 0 Å². The molecule has 1 N–H and O–H groups in total. The number of aliphatic hydroxyl groups is 1. The third kappa shape index (κ3) is 3.11. The molecule has 5 heteroatoms. The van der Waals surface area contributed by atoms with Gasteiger partial charge in [0.15, 0.2) is 5.78 Å². The van der Waals surface area contributed by atoms with Crippen LogP contribution in [0.15, 0.2) is 30.4 Å². The van der Waals surface area contributed by atoms with Crippen LogP contribution in [0.3, 0.4) is 0 Å². The van der Waals surface area contributed by atoms with E-state index in [0.717, 1.165) is 32.1 Å². The van der Waals surface area contributed by atoms with Crippen LogP contribution in [0.1, 0.15) is 58.3 Å². The van der Waals surface area contributed by atoms with E-state index in [9.17, 15) is 14.3 Å². The second kappa shape index (κ2) is 7.04. The number of aromatic nitrogens is 2. The highest BCUT2D eigenvalue weighted by atomic mass is 19.1. The second-order valence-electron chi connectivity index (χ2n) is 10.5. The number of hydrogen-bond acceptors (Lipinski definition) is 3. The Labute approximate surface area is 172 Å². The molecule has 1 heterocycles. The molecule has 0 spiro atoms. The normalized spacial score (nSPS) is 43.8. The molecule has 0 aromatic carbocycles. The van der Waals surface area contributed by atoms with Crippen molar-refractivity contribution in [2.45, 2.75) is 70.4 Å². The Balaban J connectivity index is 1.34. The van der Waals surface area contributed by atoms with Gasteiger partial charge in [-0.05, 0) is 80.5 Å². The van der Waals surface area contributed by atoms with Crippen LogP contribution in [0.4, 0.5) is 4.39 Å². The van der Waals surface area contributed by atoms with E-state index in [4.69, 9.17) is 0 Å². The Morgan fingerprint density at radius 3 is 2.90 bits per heavy atom. The van der Waals surface area contributed by atoms with Crippen molar-refractivity contribution >= 4 is 5.78 Å². The maximum atomic E-state index is 13.3. The Bertz CT molecular complexity index is 806. The van der Waals surface area contributed by atoms with Crippen molar-refractivity contribution in [2.24, 2.45) is 35.0 Å². The molecule has 3 fully saturated rings. The van der Waals surface area contributed by atoms with E-state index in [1.807, 2.05) is 10.8 Å². The standard InChI is InChI=1S/C24H33FN2O2/c1-23-8-6-18-17-7-9-24(29,14-25)12-16(17)2-3-19(18)20(23)4-5-21(23)22(28)13-27-11-10-26-15-27/h2,10-11,15,17-21,29H,3-9,12-14H2,1H3/t17-,18+,19+,20-,21+,23-,24+/m0/s1. The zero-order chi connectivity index (χ0) is 20.2. The number of ketones is 1. The van der Waals surface area contributed by atoms with E-state index < -0.39 is 12.3 Å². The van der Waals surface area contributed by atoms with Crippen LogP contribution in [-0.4, -0.2) is 32.7 Å². The number of alkyl halides is 1. The topological polar surface area (TPSA) is 55.1 Å². The van der Waals surface area contributed by atoms with Crippen molar-refractivity contribution in [1.29, 1.82) is 0 Å². The van der Waals surface area contributed by atoms with E-state index in [0.29, 0.717) is 48.8 Å². The summed E-state index contributed by atoms with van der Waals surface area (Å²) in [5.41, 5.74) is 0.293. The number of Topliss-reactive ketones (excluding diaryl/α,β-unsaturated/α-hetero) is 1. The number of rotatable bonds is 4. The van der Waals surface area contributed by atoms with Gasteiger partial charge < -0.3 is 9.67 Å². The molecule has 0 amide bonds. The van der Waals surface area contributed by atoms with Gasteiger partial charge in [-0.2, -0.15) is 0 Å². The average molecular weight is 401 g/mol. The first-order valence-electron chi connectivity index (χ1n) is 11.4. The van der Waals surface area contributed by atoms with Gasteiger partial charge in [-0.3, -0.25) is 4.79 Å². The van der Waals surface area contributed by atoms with Crippen molar-refractivity contribution in [3.8, 4) is 0 Å². The molecule has 0 aliphatic heterocycles. The molecule has 3 saturated carbocycles. The highest BCUT2D eigenvalue weighted by Gasteiger charge is 2.57. The van der Waals surface area contributed by atoms with Crippen molar-refractivity contribution in [3.63, 3.8) is 0 Å². The van der Waals surface area contributed by atoms with Gasteiger partial charge in [-0.1, -0.05) is 18.6 Å². The van der Waals surface area contributed by atoms with Crippen molar-refractivity contribution in [3.05, 3.63) is 30.4 Å². The Kier molecular flexibility index (Phi) is 4.73. The number of halogens is 1. The lowest BCUT2D eigenvalue weighted by molar-refractivity contribution is -0.129. The molecular weight excluding hydrogens is 367 g/mol. The SMILES string of the molecule is C[C@]12CC[C@H]3[C@@H](CC=C4C[C@@](O)(CF)CC[C@@H]43)[C@@H]1CC[C@@H]2C(=O)Cn1ccnc1. The van der Waals surface area contributed by atoms with E-state index >= 15 is 0 Å². The van der Waals surface area contributed by atoms with Crippen molar-refractivity contribution < 1.29 is 14.3 Å². The number of fused-ring (bicyclic) bond motifs is 5. The Hall–Kier alpha value is -1.49. The highest BCUT2D eigenvalue weighted by Crippen LogP contribution is 2.63. The average Bonchev–Trinajstić information content (AvgIpc) is 3.34. The van der Waals surface area contributed by atoms with E-state index in [-0.39, 0.29) is 11.3 Å². The van der Waals surface area contributed by atoms with Gasteiger partial charge in [-0.25, -0.2) is 9.37 Å². The molecule has 29 heavy (non-hydrogen) atoms. The summed E-state index contributed by atoms with van der Waals surface area (Å²) in [5.74, 6) is 2.95. The number of hydrogen-bond donors (Lipinski definition) is 1. The fourth-order valence-corrected chi connectivity index (χ4v) is 7.68. The summed E-state index contributed by atoms with van der Waals surface area (Å²) in [7, 11) is 0. The Morgan fingerprint density at radius 1 is 1.28 bits per heavy atom. The van der Waals surface area contributed by atoms with Gasteiger partial charge in [0.05, 0.1) is 18.5 Å². The molecular formula is C24H33FN2O2. The third-order valence-corrected chi connectivity index (χ3v) is 9.13. The van der Waals surface area contributed by atoms with Gasteiger partial charge in [0.25, 0.3) is 0 Å². The highest BCUT2D eigenvalue weighted by molar-refractivity contribution is 5.82. The van der Waals surface area contributed by atoms with Crippen LogP contribution in [-0.2, 0) is 11.3 Å². The minimum atomic E-state index is -1.13. The fourth-order valence-electron chi connectivity index (χ4n) is 7.68. The van der Waals surface area contributed by atoms with E-state index in [1.165, 1.54) is 12.0 Å². The summed E-state index contributed by atoms with van der Waals surface area (Å²) < 4.78 is 15.2. The number of allylic oxidation sites excluding steroid dienone is 1. The molecule has 1 aromatic heterocycles.